The van der Waals surface area contributed by atoms with E-state index in [2.05, 4.69) is 19.2 Å². The van der Waals surface area contributed by atoms with Crippen LogP contribution in [0.5, 0.6) is 0 Å². The lowest BCUT2D eigenvalue weighted by molar-refractivity contribution is -0.128. The number of urea groups is 1. The van der Waals surface area contributed by atoms with E-state index in [0.29, 0.717) is 5.92 Å². The van der Waals surface area contributed by atoms with Crippen LogP contribution in [0.3, 0.4) is 0 Å². The number of nitrogens with one attached hydrogen (secondary N) is 1. The van der Waals surface area contributed by atoms with E-state index in [1.807, 2.05) is 4.90 Å². The van der Waals surface area contributed by atoms with Gasteiger partial charge < -0.3 is 4.90 Å². The van der Waals surface area contributed by atoms with Crippen LogP contribution in [-0.4, -0.2) is 28.9 Å². The number of hydrogen-bond donors (Lipinski definition) is 1. The number of imide groups is 1. The van der Waals surface area contributed by atoms with Gasteiger partial charge in [0.05, 0.1) is 0 Å². The second kappa shape index (κ2) is 5.29. The lowest BCUT2D eigenvalue weighted by Gasteiger charge is -2.39. The lowest BCUT2D eigenvalue weighted by atomic mass is 9.80. The van der Waals surface area contributed by atoms with E-state index in [1.54, 1.807) is 0 Å². The van der Waals surface area contributed by atoms with Gasteiger partial charge in [0.15, 0.2) is 0 Å². The fourth-order valence-corrected chi connectivity index (χ4v) is 3.29. The number of hydrogen-bond acceptors (Lipinski definition) is 2. The molecule has 2 aliphatic rings. The maximum absolute atomic E-state index is 12.2. The van der Waals surface area contributed by atoms with Crippen LogP contribution >= 0.6 is 0 Å². The Morgan fingerprint density at radius 3 is 2.33 bits per heavy atom. The molecule has 0 radical (unpaired) electrons. The van der Waals surface area contributed by atoms with Gasteiger partial charge in [-0.05, 0) is 18.8 Å². The lowest BCUT2D eigenvalue weighted by Crippen LogP contribution is -2.52. The van der Waals surface area contributed by atoms with Gasteiger partial charge in [0.1, 0.15) is 5.54 Å². The zero-order valence-electron chi connectivity index (χ0n) is 11.5. The van der Waals surface area contributed by atoms with Gasteiger partial charge in [-0.3, -0.25) is 10.1 Å². The Bertz CT molecular complexity index is 331. The van der Waals surface area contributed by atoms with Gasteiger partial charge >= 0.3 is 6.03 Å². The first-order valence-electron chi connectivity index (χ1n) is 7.27. The topological polar surface area (TPSA) is 49.4 Å². The van der Waals surface area contributed by atoms with Gasteiger partial charge in [-0.1, -0.05) is 46.0 Å². The van der Waals surface area contributed by atoms with E-state index in [1.165, 1.54) is 6.42 Å². The van der Waals surface area contributed by atoms with Gasteiger partial charge in [-0.15, -0.1) is 0 Å². The molecule has 1 spiro atoms. The van der Waals surface area contributed by atoms with Crippen LogP contribution in [0.1, 0.15) is 58.8 Å². The van der Waals surface area contributed by atoms with E-state index >= 15 is 0 Å². The predicted molar refractivity (Wildman–Crippen MR) is 70.1 cm³/mol. The molecule has 1 N–H and O–H groups in total. The molecular weight excluding hydrogens is 228 g/mol. The molecule has 2 fully saturated rings. The van der Waals surface area contributed by atoms with Crippen molar-refractivity contribution in [2.75, 3.05) is 6.54 Å². The molecule has 102 valence electrons. The van der Waals surface area contributed by atoms with Crippen LogP contribution < -0.4 is 5.32 Å². The molecule has 1 saturated heterocycles. The summed E-state index contributed by atoms with van der Waals surface area (Å²) in [7, 11) is 0. The molecule has 4 nitrogen and oxygen atoms in total. The van der Waals surface area contributed by atoms with Crippen molar-refractivity contribution >= 4 is 11.9 Å². The Morgan fingerprint density at radius 1 is 1.17 bits per heavy atom. The minimum absolute atomic E-state index is 0.0573. The molecule has 0 aromatic heterocycles. The van der Waals surface area contributed by atoms with E-state index in [9.17, 15) is 9.59 Å². The number of nitrogens with zero attached hydrogens (tertiary/aromatic N) is 1. The second-order valence-corrected chi connectivity index (χ2v) is 5.64. The van der Waals surface area contributed by atoms with Crippen molar-refractivity contribution in [3.05, 3.63) is 0 Å². The highest BCUT2D eigenvalue weighted by Gasteiger charge is 2.52. The monoisotopic (exact) mass is 252 g/mol. The van der Waals surface area contributed by atoms with Crippen LogP contribution in [0, 0.1) is 5.92 Å². The molecule has 3 amide bonds. The maximum Gasteiger partial charge on any atom is 0.325 e. The highest BCUT2D eigenvalue weighted by atomic mass is 16.2. The molecule has 0 unspecified atom stereocenters. The minimum atomic E-state index is -0.516. The molecule has 1 heterocycles. The molecule has 4 heteroatoms. The Hall–Kier alpha value is -1.06. The first kappa shape index (κ1) is 13.4. The third-order valence-corrected chi connectivity index (χ3v) is 4.68. The number of amides is 3. The fraction of sp³-hybridized carbons (Fsp3) is 0.857. The average Bonchev–Trinajstić information content (AvgIpc) is 2.60. The first-order chi connectivity index (χ1) is 8.64. The van der Waals surface area contributed by atoms with Crippen LogP contribution in [0.4, 0.5) is 4.79 Å². The van der Waals surface area contributed by atoms with E-state index in [0.717, 1.165) is 45.1 Å². The summed E-state index contributed by atoms with van der Waals surface area (Å²) >= 11 is 0. The van der Waals surface area contributed by atoms with Gasteiger partial charge in [0, 0.05) is 6.54 Å². The normalized spacial score (nSPS) is 22.9. The maximum atomic E-state index is 12.2. The summed E-state index contributed by atoms with van der Waals surface area (Å²) in [6, 6.07) is -0.172. The molecule has 0 bridgehead atoms. The highest BCUT2D eigenvalue weighted by molar-refractivity contribution is 6.07. The van der Waals surface area contributed by atoms with Gasteiger partial charge in [-0.25, -0.2) is 4.79 Å². The summed E-state index contributed by atoms with van der Waals surface area (Å²) in [6.45, 7) is 5.03. The van der Waals surface area contributed by atoms with Crippen molar-refractivity contribution in [2.45, 2.75) is 64.3 Å². The Labute approximate surface area is 109 Å². The largest absolute Gasteiger partial charge is 0.325 e. The van der Waals surface area contributed by atoms with Crippen molar-refractivity contribution in [1.82, 2.24) is 10.2 Å². The number of rotatable bonds is 4. The standard InChI is InChI=1S/C14H24N2O2/c1-3-11(4-2)10-16-13(18)15-12(17)14(16)8-6-5-7-9-14/h11H,3-10H2,1-2H3,(H,15,17,18). The van der Waals surface area contributed by atoms with Crippen molar-refractivity contribution in [3.63, 3.8) is 0 Å². The molecule has 0 aromatic rings. The summed E-state index contributed by atoms with van der Waals surface area (Å²) < 4.78 is 0. The molecule has 0 atom stereocenters. The van der Waals surface area contributed by atoms with Gasteiger partial charge in [0.2, 0.25) is 0 Å². The third kappa shape index (κ3) is 2.13. The highest BCUT2D eigenvalue weighted by Crippen LogP contribution is 2.37. The molecule has 18 heavy (non-hydrogen) atoms. The average molecular weight is 252 g/mol. The molecular formula is C14H24N2O2. The first-order valence-corrected chi connectivity index (χ1v) is 7.27. The minimum Gasteiger partial charge on any atom is -0.309 e. The quantitative estimate of drug-likeness (QED) is 0.782. The van der Waals surface area contributed by atoms with Crippen molar-refractivity contribution in [1.29, 1.82) is 0 Å². The zero-order chi connectivity index (χ0) is 13.2. The van der Waals surface area contributed by atoms with E-state index in [4.69, 9.17) is 0 Å². The summed E-state index contributed by atoms with van der Waals surface area (Å²) in [5.41, 5.74) is -0.516. The molecule has 1 aliphatic heterocycles. The third-order valence-electron chi connectivity index (χ3n) is 4.68. The van der Waals surface area contributed by atoms with Crippen LogP contribution in [0.25, 0.3) is 0 Å². The zero-order valence-corrected chi connectivity index (χ0v) is 11.5. The fourth-order valence-electron chi connectivity index (χ4n) is 3.29. The molecule has 2 rings (SSSR count). The van der Waals surface area contributed by atoms with Gasteiger partial charge in [0.25, 0.3) is 5.91 Å². The predicted octanol–water partition coefficient (Wildman–Crippen LogP) is 2.68. The molecule has 0 aromatic carbocycles. The number of carbonyl (C=O) groups excluding carboxylic acids is 2. The van der Waals surface area contributed by atoms with Crippen LogP contribution in [0.15, 0.2) is 0 Å². The second-order valence-electron chi connectivity index (χ2n) is 5.64. The Morgan fingerprint density at radius 2 is 1.78 bits per heavy atom. The SMILES string of the molecule is CCC(CC)CN1C(=O)NC(=O)C12CCCCC2. The van der Waals surface area contributed by atoms with E-state index in [-0.39, 0.29) is 11.9 Å². The Balaban J connectivity index is 2.18. The molecule has 1 saturated carbocycles. The van der Waals surface area contributed by atoms with E-state index < -0.39 is 5.54 Å². The summed E-state index contributed by atoms with van der Waals surface area (Å²) in [6.07, 6.45) is 7.09. The van der Waals surface area contributed by atoms with Gasteiger partial charge in [-0.2, -0.15) is 0 Å². The summed E-state index contributed by atoms with van der Waals surface area (Å²) in [5.74, 6) is 0.443. The Kier molecular flexibility index (Phi) is 3.93. The number of carbonyl (C=O) groups is 2. The van der Waals surface area contributed by atoms with Crippen molar-refractivity contribution in [3.8, 4) is 0 Å². The summed E-state index contributed by atoms with van der Waals surface area (Å²) in [4.78, 5) is 26.0. The van der Waals surface area contributed by atoms with Crippen molar-refractivity contribution in [2.24, 2.45) is 5.92 Å². The smallest absolute Gasteiger partial charge is 0.309 e. The molecule has 1 aliphatic carbocycles. The van der Waals surface area contributed by atoms with Crippen molar-refractivity contribution < 1.29 is 9.59 Å². The van der Waals surface area contributed by atoms with Crippen LogP contribution in [-0.2, 0) is 4.79 Å². The van der Waals surface area contributed by atoms with Crippen LogP contribution in [0.2, 0.25) is 0 Å². The summed E-state index contributed by atoms with van der Waals surface area (Å²) in [5, 5.41) is 2.53.